The fourth-order valence-corrected chi connectivity index (χ4v) is 3.54. The lowest BCUT2D eigenvalue weighted by Gasteiger charge is -2.19. The molecular weight excluding hydrogens is 288 g/mol. The van der Waals surface area contributed by atoms with E-state index in [1.807, 2.05) is 24.3 Å². The SMILES string of the molecule is O=C(NC1CC2CCC1O2)c1cc(Cl)c2ccccc2n1. The number of rotatable bonds is 2. The molecule has 1 amide bonds. The first kappa shape index (κ1) is 13.0. The van der Waals surface area contributed by atoms with Crippen LogP contribution in [0.2, 0.25) is 5.02 Å². The highest BCUT2D eigenvalue weighted by atomic mass is 35.5. The molecule has 0 spiro atoms. The zero-order valence-corrected chi connectivity index (χ0v) is 12.1. The molecule has 2 fully saturated rings. The number of para-hydroxylation sites is 1. The van der Waals surface area contributed by atoms with Gasteiger partial charge in [-0.15, -0.1) is 0 Å². The summed E-state index contributed by atoms with van der Waals surface area (Å²) in [6.07, 6.45) is 3.51. The van der Waals surface area contributed by atoms with E-state index < -0.39 is 0 Å². The van der Waals surface area contributed by atoms with E-state index in [4.69, 9.17) is 16.3 Å². The van der Waals surface area contributed by atoms with E-state index in [0.29, 0.717) is 16.8 Å². The van der Waals surface area contributed by atoms with E-state index in [2.05, 4.69) is 10.3 Å². The molecule has 0 radical (unpaired) electrons. The molecule has 4 rings (SSSR count). The number of halogens is 1. The van der Waals surface area contributed by atoms with Crippen LogP contribution >= 0.6 is 11.6 Å². The van der Waals surface area contributed by atoms with Crippen molar-refractivity contribution in [1.29, 1.82) is 0 Å². The van der Waals surface area contributed by atoms with Gasteiger partial charge >= 0.3 is 0 Å². The zero-order valence-electron chi connectivity index (χ0n) is 11.4. The summed E-state index contributed by atoms with van der Waals surface area (Å²) >= 11 is 6.24. The summed E-state index contributed by atoms with van der Waals surface area (Å²) in [6.45, 7) is 0. The normalized spacial score (nSPS) is 27.2. The summed E-state index contributed by atoms with van der Waals surface area (Å²) < 4.78 is 5.75. The number of hydrogen-bond acceptors (Lipinski definition) is 3. The summed E-state index contributed by atoms with van der Waals surface area (Å²) in [4.78, 5) is 16.8. The molecule has 4 nitrogen and oxygen atoms in total. The van der Waals surface area contributed by atoms with Crippen LogP contribution in [0.3, 0.4) is 0 Å². The van der Waals surface area contributed by atoms with Gasteiger partial charge in [0.2, 0.25) is 0 Å². The van der Waals surface area contributed by atoms with E-state index >= 15 is 0 Å². The lowest BCUT2D eigenvalue weighted by atomic mass is 9.95. The van der Waals surface area contributed by atoms with Gasteiger partial charge in [-0.25, -0.2) is 4.98 Å². The summed E-state index contributed by atoms with van der Waals surface area (Å²) in [5.41, 5.74) is 1.10. The van der Waals surface area contributed by atoms with Gasteiger partial charge in [-0.1, -0.05) is 29.8 Å². The molecule has 0 aliphatic carbocycles. The van der Waals surface area contributed by atoms with Crippen molar-refractivity contribution in [1.82, 2.24) is 10.3 Å². The molecule has 2 aliphatic rings. The maximum Gasteiger partial charge on any atom is 0.270 e. The number of amides is 1. The van der Waals surface area contributed by atoms with Gasteiger partial charge < -0.3 is 10.1 Å². The van der Waals surface area contributed by atoms with Crippen LogP contribution in [0.1, 0.15) is 29.8 Å². The predicted molar refractivity (Wildman–Crippen MR) is 80.5 cm³/mol. The molecule has 2 saturated heterocycles. The molecule has 3 unspecified atom stereocenters. The Morgan fingerprint density at radius 1 is 1.33 bits per heavy atom. The molecule has 3 atom stereocenters. The van der Waals surface area contributed by atoms with Crippen molar-refractivity contribution in [2.24, 2.45) is 0 Å². The lowest BCUT2D eigenvalue weighted by Crippen LogP contribution is -2.41. The fourth-order valence-electron chi connectivity index (χ4n) is 3.28. The van der Waals surface area contributed by atoms with Crippen molar-refractivity contribution < 1.29 is 9.53 Å². The maximum absolute atomic E-state index is 12.4. The van der Waals surface area contributed by atoms with Gasteiger partial charge in [-0.2, -0.15) is 0 Å². The van der Waals surface area contributed by atoms with Crippen molar-refractivity contribution in [2.45, 2.75) is 37.5 Å². The van der Waals surface area contributed by atoms with Crippen LogP contribution in [-0.4, -0.2) is 29.1 Å². The molecule has 1 N–H and O–H groups in total. The molecule has 3 heterocycles. The molecule has 5 heteroatoms. The van der Waals surface area contributed by atoms with Crippen LogP contribution in [0, 0.1) is 0 Å². The Balaban J connectivity index is 1.59. The highest BCUT2D eigenvalue weighted by Gasteiger charge is 2.41. The van der Waals surface area contributed by atoms with Crippen LogP contribution in [0.5, 0.6) is 0 Å². The molecule has 2 aromatic rings. The Hall–Kier alpha value is -1.65. The lowest BCUT2D eigenvalue weighted by molar-refractivity contribution is 0.0837. The zero-order chi connectivity index (χ0) is 14.4. The maximum atomic E-state index is 12.4. The molecule has 0 saturated carbocycles. The average Bonchev–Trinajstić information content (AvgIpc) is 3.10. The minimum atomic E-state index is -0.177. The van der Waals surface area contributed by atoms with E-state index in [9.17, 15) is 4.79 Å². The van der Waals surface area contributed by atoms with Gasteiger partial charge in [0.05, 0.1) is 28.8 Å². The quantitative estimate of drug-likeness (QED) is 0.928. The molecule has 1 aromatic heterocycles. The number of hydrogen-bond donors (Lipinski definition) is 1. The van der Waals surface area contributed by atoms with Crippen molar-refractivity contribution >= 4 is 28.4 Å². The van der Waals surface area contributed by atoms with Gasteiger partial charge in [0.15, 0.2) is 0 Å². The number of carbonyl (C=O) groups excluding carboxylic acids is 1. The molecule has 2 aliphatic heterocycles. The Morgan fingerprint density at radius 2 is 2.19 bits per heavy atom. The summed E-state index contributed by atoms with van der Waals surface area (Å²) in [5, 5.41) is 4.44. The number of nitrogens with one attached hydrogen (secondary N) is 1. The first-order valence-electron chi connectivity index (χ1n) is 7.22. The van der Waals surface area contributed by atoms with E-state index in [0.717, 1.165) is 30.2 Å². The topological polar surface area (TPSA) is 51.2 Å². The fraction of sp³-hybridized carbons (Fsp3) is 0.375. The summed E-state index contributed by atoms with van der Waals surface area (Å²) in [5.74, 6) is -0.177. The smallest absolute Gasteiger partial charge is 0.270 e. The van der Waals surface area contributed by atoms with Crippen molar-refractivity contribution in [2.75, 3.05) is 0 Å². The highest BCUT2D eigenvalue weighted by Crippen LogP contribution is 2.34. The number of benzene rings is 1. The Kier molecular flexibility index (Phi) is 3.08. The number of aromatic nitrogens is 1. The van der Waals surface area contributed by atoms with Gasteiger partial charge in [-0.05, 0) is 31.4 Å². The first-order valence-corrected chi connectivity index (χ1v) is 7.60. The number of carbonyl (C=O) groups is 1. The number of nitrogens with zero attached hydrogens (tertiary/aromatic N) is 1. The summed E-state index contributed by atoms with van der Waals surface area (Å²) in [6, 6.07) is 9.28. The summed E-state index contributed by atoms with van der Waals surface area (Å²) in [7, 11) is 0. The second kappa shape index (κ2) is 4.97. The molecule has 108 valence electrons. The van der Waals surface area contributed by atoms with E-state index in [1.165, 1.54) is 0 Å². The molecule has 1 aromatic carbocycles. The van der Waals surface area contributed by atoms with Gasteiger partial charge in [0, 0.05) is 5.39 Å². The third kappa shape index (κ3) is 2.28. The van der Waals surface area contributed by atoms with E-state index in [1.54, 1.807) is 6.07 Å². The van der Waals surface area contributed by atoms with Crippen LogP contribution in [0.15, 0.2) is 30.3 Å². The molecule has 2 bridgehead atoms. The second-order valence-corrected chi connectivity index (χ2v) is 6.10. The number of fused-ring (bicyclic) bond motifs is 3. The Labute approximate surface area is 127 Å². The third-order valence-electron chi connectivity index (χ3n) is 4.32. The average molecular weight is 303 g/mol. The third-order valence-corrected chi connectivity index (χ3v) is 4.63. The molecular formula is C16H15ClN2O2. The monoisotopic (exact) mass is 302 g/mol. The minimum absolute atomic E-state index is 0.100. The van der Waals surface area contributed by atoms with Gasteiger partial charge in [-0.3, -0.25) is 4.79 Å². The largest absolute Gasteiger partial charge is 0.373 e. The molecule has 21 heavy (non-hydrogen) atoms. The second-order valence-electron chi connectivity index (χ2n) is 5.70. The van der Waals surface area contributed by atoms with Crippen LogP contribution in [-0.2, 0) is 4.74 Å². The van der Waals surface area contributed by atoms with E-state index in [-0.39, 0.29) is 18.1 Å². The Bertz CT molecular complexity index is 718. The standard InChI is InChI=1S/C16H15ClN2O2/c17-11-8-14(18-12-4-2-1-3-10(11)12)16(20)19-13-7-9-5-6-15(13)21-9/h1-4,8-9,13,15H,5-7H2,(H,19,20). The van der Waals surface area contributed by atoms with Gasteiger partial charge in [0.25, 0.3) is 5.91 Å². The van der Waals surface area contributed by atoms with Crippen molar-refractivity contribution in [3.8, 4) is 0 Å². The van der Waals surface area contributed by atoms with Crippen LogP contribution in [0.4, 0.5) is 0 Å². The minimum Gasteiger partial charge on any atom is -0.373 e. The number of pyridine rings is 1. The van der Waals surface area contributed by atoms with Crippen molar-refractivity contribution in [3.63, 3.8) is 0 Å². The Morgan fingerprint density at radius 3 is 2.95 bits per heavy atom. The van der Waals surface area contributed by atoms with Crippen LogP contribution < -0.4 is 5.32 Å². The van der Waals surface area contributed by atoms with Crippen LogP contribution in [0.25, 0.3) is 10.9 Å². The van der Waals surface area contributed by atoms with Crippen molar-refractivity contribution in [3.05, 3.63) is 41.0 Å². The van der Waals surface area contributed by atoms with Gasteiger partial charge in [0.1, 0.15) is 5.69 Å². The predicted octanol–water partition coefficient (Wildman–Crippen LogP) is 2.94. The number of ether oxygens (including phenoxy) is 1. The highest BCUT2D eigenvalue weighted by molar-refractivity contribution is 6.35. The first-order chi connectivity index (χ1) is 10.2.